The number of halogens is 1. The number of nitrogens with zero attached hydrogens (tertiary/aromatic N) is 2. The highest BCUT2D eigenvalue weighted by molar-refractivity contribution is 6.09. The zero-order valence-corrected chi connectivity index (χ0v) is 17.2. The predicted molar refractivity (Wildman–Crippen MR) is 127 cm³/mol. The van der Waals surface area contributed by atoms with Gasteiger partial charge in [0.2, 0.25) is 0 Å². The van der Waals surface area contributed by atoms with Crippen LogP contribution >= 0.6 is 0 Å². The number of para-hydroxylation sites is 2. The number of nitriles is 1. The second-order valence-corrected chi connectivity index (χ2v) is 7.13. The molecule has 0 fully saturated rings. The van der Waals surface area contributed by atoms with Gasteiger partial charge in [-0.05, 0) is 48.9 Å². The highest BCUT2D eigenvalue weighted by atomic mass is 19.1. The van der Waals surface area contributed by atoms with Crippen molar-refractivity contribution in [1.29, 1.82) is 5.26 Å². The molecule has 31 heavy (non-hydrogen) atoms. The molecule has 0 atom stereocenters. The Kier molecular flexibility index (Phi) is 5.64. The molecule has 3 heteroatoms. The van der Waals surface area contributed by atoms with Gasteiger partial charge in [0.1, 0.15) is 5.82 Å². The molecule has 150 valence electrons. The monoisotopic (exact) mass is 404 g/mol. The molecule has 5 rings (SSSR count). The molecule has 0 aliphatic heterocycles. The fourth-order valence-corrected chi connectivity index (χ4v) is 3.83. The van der Waals surface area contributed by atoms with Gasteiger partial charge in [-0.25, -0.2) is 4.39 Å². The Hall–Kier alpha value is -4.16. The molecular formula is C28H21FN2. The molecule has 0 unspecified atom stereocenters. The maximum absolute atomic E-state index is 14.5. The molecule has 1 heterocycles. The molecule has 0 amide bonds. The number of fused-ring (bicyclic) bond motifs is 3. The van der Waals surface area contributed by atoms with Crippen LogP contribution in [0.1, 0.15) is 12.5 Å². The minimum atomic E-state index is -0.390. The molecule has 0 spiro atoms. The summed E-state index contributed by atoms with van der Waals surface area (Å²) >= 11 is 0. The van der Waals surface area contributed by atoms with Crippen LogP contribution in [0.25, 0.3) is 38.6 Å². The third kappa shape index (κ3) is 3.72. The Balaban J connectivity index is 0.000000730. The Morgan fingerprint density at radius 1 is 0.839 bits per heavy atom. The van der Waals surface area contributed by atoms with Crippen molar-refractivity contribution in [3.63, 3.8) is 0 Å². The Bertz CT molecular complexity index is 1380. The summed E-state index contributed by atoms with van der Waals surface area (Å²) in [5.41, 5.74) is 4.78. The van der Waals surface area contributed by atoms with Gasteiger partial charge in [0.15, 0.2) is 0 Å². The summed E-state index contributed by atoms with van der Waals surface area (Å²) in [5, 5.41) is 11.3. The van der Waals surface area contributed by atoms with Crippen LogP contribution in [0.2, 0.25) is 0 Å². The normalized spacial score (nSPS) is 10.4. The molecule has 0 aliphatic rings. The number of benzene rings is 4. The van der Waals surface area contributed by atoms with E-state index < -0.39 is 5.82 Å². The standard InChI is InChI=1S/C25H15FN2.C3H6/c26-23-14-17(16-27)12-13-20(23)18-6-5-7-19(15-18)28-24-10-3-1-8-21(24)22-9-2-4-11-25(22)28;1-3-2/h1-15H;3H,1H2,2H3. The average molecular weight is 404 g/mol. The number of aromatic nitrogens is 1. The third-order valence-electron chi connectivity index (χ3n) is 5.09. The smallest absolute Gasteiger partial charge is 0.132 e. The van der Waals surface area contributed by atoms with Gasteiger partial charge < -0.3 is 4.57 Å². The number of hydrogen-bond donors (Lipinski definition) is 0. The summed E-state index contributed by atoms with van der Waals surface area (Å²) in [6.07, 6.45) is 1.75. The molecule has 5 aromatic rings. The van der Waals surface area contributed by atoms with Crippen LogP contribution < -0.4 is 0 Å². The van der Waals surface area contributed by atoms with Crippen LogP contribution in [-0.4, -0.2) is 4.57 Å². The molecular weight excluding hydrogens is 383 g/mol. The lowest BCUT2D eigenvalue weighted by Gasteiger charge is -2.11. The molecule has 0 saturated carbocycles. The summed E-state index contributed by atoms with van der Waals surface area (Å²) in [6, 6.07) is 31.0. The van der Waals surface area contributed by atoms with Crippen LogP contribution in [0, 0.1) is 17.1 Å². The Morgan fingerprint density at radius 3 is 2.03 bits per heavy atom. The van der Waals surface area contributed by atoms with E-state index in [9.17, 15) is 4.39 Å². The van der Waals surface area contributed by atoms with E-state index in [0.29, 0.717) is 11.1 Å². The van der Waals surface area contributed by atoms with E-state index in [4.69, 9.17) is 5.26 Å². The van der Waals surface area contributed by atoms with Gasteiger partial charge in [-0.15, -0.1) is 6.58 Å². The third-order valence-corrected chi connectivity index (χ3v) is 5.09. The Labute approximate surface area is 181 Å². The van der Waals surface area contributed by atoms with Crippen LogP contribution in [0.4, 0.5) is 4.39 Å². The molecule has 2 nitrogen and oxygen atoms in total. The van der Waals surface area contributed by atoms with E-state index >= 15 is 0 Å². The topological polar surface area (TPSA) is 28.7 Å². The maximum Gasteiger partial charge on any atom is 0.132 e. The summed E-state index contributed by atoms with van der Waals surface area (Å²) in [5.74, 6) is -0.390. The van der Waals surface area contributed by atoms with E-state index in [2.05, 4.69) is 35.4 Å². The quantitative estimate of drug-likeness (QED) is 0.278. The van der Waals surface area contributed by atoms with Gasteiger partial charge >= 0.3 is 0 Å². The van der Waals surface area contributed by atoms with Crippen LogP contribution in [0.3, 0.4) is 0 Å². The maximum atomic E-state index is 14.5. The fraction of sp³-hybridized carbons (Fsp3) is 0.0357. The van der Waals surface area contributed by atoms with Crippen molar-refractivity contribution in [2.45, 2.75) is 6.92 Å². The van der Waals surface area contributed by atoms with Crippen molar-refractivity contribution in [2.24, 2.45) is 0 Å². The first-order chi connectivity index (χ1) is 15.2. The van der Waals surface area contributed by atoms with Gasteiger partial charge in [0, 0.05) is 22.0 Å². The lowest BCUT2D eigenvalue weighted by Crippen LogP contribution is -1.95. The molecule has 0 N–H and O–H groups in total. The van der Waals surface area contributed by atoms with E-state index in [1.165, 1.54) is 16.8 Å². The zero-order chi connectivity index (χ0) is 21.8. The lowest BCUT2D eigenvalue weighted by molar-refractivity contribution is 0.631. The van der Waals surface area contributed by atoms with Gasteiger partial charge in [0.25, 0.3) is 0 Å². The number of rotatable bonds is 2. The SMILES string of the molecule is C=CC.N#Cc1ccc(-c2cccc(-n3c4ccccc4c4ccccc43)c2)c(F)c1. The van der Waals surface area contributed by atoms with Crippen molar-refractivity contribution in [1.82, 2.24) is 4.57 Å². The first-order valence-corrected chi connectivity index (χ1v) is 10.0. The summed E-state index contributed by atoms with van der Waals surface area (Å²) < 4.78 is 16.7. The van der Waals surface area contributed by atoms with Gasteiger partial charge in [-0.1, -0.05) is 60.7 Å². The first-order valence-electron chi connectivity index (χ1n) is 10.0. The fourth-order valence-electron chi connectivity index (χ4n) is 3.83. The summed E-state index contributed by atoms with van der Waals surface area (Å²) in [4.78, 5) is 0. The van der Waals surface area contributed by atoms with Gasteiger partial charge in [-0.2, -0.15) is 5.26 Å². The van der Waals surface area contributed by atoms with Crippen molar-refractivity contribution in [3.05, 3.63) is 115 Å². The zero-order valence-electron chi connectivity index (χ0n) is 17.2. The summed E-state index contributed by atoms with van der Waals surface area (Å²) in [6.45, 7) is 5.25. The second-order valence-electron chi connectivity index (χ2n) is 7.13. The molecule has 0 aliphatic carbocycles. The second kappa shape index (κ2) is 8.69. The van der Waals surface area contributed by atoms with Crippen LogP contribution in [0.15, 0.2) is 104 Å². The lowest BCUT2D eigenvalue weighted by atomic mass is 10.0. The number of hydrogen-bond acceptors (Lipinski definition) is 1. The largest absolute Gasteiger partial charge is 0.309 e. The van der Waals surface area contributed by atoms with Crippen LogP contribution in [0.5, 0.6) is 0 Å². The summed E-state index contributed by atoms with van der Waals surface area (Å²) in [7, 11) is 0. The first kappa shape index (κ1) is 20.1. The predicted octanol–water partition coefficient (Wildman–Crippen LogP) is 7.65. The molecule has 4 aromatic carbocycles. The van der Waals surface area contributed by atoms with Crippen molar-refractivity contribution < 1.29 is 4.39 Å². The minimum Gasteiger partial charge on any atom is -0.309 e. The van der Waals surface area contributed by atoms with Gasteiger partial charge in [-0.3, -0.25) is 0 Å². The highest BCUT2D eigenvalue weighted by Crippen LogP contribution is 2.33. The van der Waals surface area contributed by atoms with Crippen molar-refractivity contribution in [3.8, 4) is 22.9 Å². The van der Waals surface area contributed by atoms with Gasteiger partial charge in [0.05, 0.1) is 22.7 Å². The molecule has 0 bridgehead atoms. The molecule has 0 radical (unpaired) electrons. The minimum absolute atomic E-state index is 0.319. The van der Waals surface area contributed by atoms with Crippen LogP contribution in [-0.2, 0) is 0 Å². The van der Waals surface area contributed by atoms with Crippen molar-refractivity contribution in [2.75, 3.05) is 0 Å². The van der Waals surface area contributed by atoms with E-state index in [1.807, 2.05) is 61.5 Å². The van der Waals surface area contributed by atoms with E-state index in [0.717, 1.165) is 22.3 Å². The highest BCUT2D eigenvalue weighted by Gasteiger charge is 2.13. The molecule has 1 aromatic heterocycles. The van der Waals surface area contributed by atoms with E-state index in [-0.39, 0.29) is 0 Å². The number of allylic oxidation sites excluding steroid dienone is 1. The Morgan fingerprint density at radius 2 is 1.45 bits per heavy atom. The average Bonchev–Trinajstić information content (AvgIpc) is 3.14. The van der Waals surface area contributed by atoms with Crippen molar-refractivity contribution >= 4 is 21.8 Å². The van der Waals surface area contributed by atoms with E-state index in [1.54, 1.807) is 18.2 Å². The molecule has 0 saturated heterocycles.